The zero-order valence-corrected chi connectivity index (χ0v) is 9.69. The van der Waals surface area contributed by atoms with E-state index in [0.29, 0.717) is 12.5 Å². The predicted molar refractivity (Wildman–Crippen MR) is 59.1 cm³/mol. The molecule has 0 aromatic heterocycles. The van der Waals surface area contributed by atoms with Crippen LogP contribution < -0.4 is 10.6 Å². The van der Waals surface area contributed by atoms with E-state index in [4.69, 9.17) is 10.2 Å². The van der Waals surface area contributed by atoms with Crippen molar-refractivity contribution < 1.29 is 19.8 Å². The fraction of sp³-hybridized carbons (Fsp3) is 0.800. The highest BCUT2D eigenvalue weighted by Crippen LogP contribution is 1.97. The molecule has 0 saturated heterocycles. The molecule has 1 unspecified atom stereocenters. The van der Waals surface area contributed by atoms with Crippen molar-refractivity contribution in [3.8, 4) is 0 Å². The standard InChI is InChI=1S/C10H20N2O4/c1-3-7(2)6-11-10(16)12-8(4-5-13)9(14)15/h7-8,13H,3-6H2,1-2H3,(H,14,15)(H2,11,12,16)/t7?,8-/m1/s1. The lowest BCUT2D eigenvalue weighted by Gasteiger charge is -2.15. The van der Waals surface area contributed by atoms with Gasteiger partial charge in [0.25, 0.3) is 0 Å². The molecule has 2 amide bonds. The van der Waals surface area contributed by atoms with Crippen LogP contribution in [0, 0.1) is 5.92 Å². The molecule has 16 heavy (non-hydrogen) atoms. The summed E-state index contributed by atoms with van der Waals surface area (Å²) in [5, 5.41) is 22.2. The van der Waals surface area contributed by atoms with Gasteiger partial charge in [-0.2, -0.15) is 0 Å². The molecule has 0 bridgehead atoms. The molecular formula is C10H20N2O4. The molecule has 0 rings (SSSR count). The highest BCUT2D eigenvalue weighted by Gasteiger charge is 2.18. The van der Waals surface area contributed by atoms with Gasteiger partial charge in [0, 0.05) is 19.6 Å². The Kier molecular flexibility index (Phi) is 7.28. The fourth-order valence-corrected chi connectivity index (χ4v) is 1.01. The Balaban J connectivity index is 3.95. The summed E-state index contributed by atoms with van der Waals surface area (Å²) in [5.41, 5.74) is 0. The van der Waals surface area contributed by atoms with Gasteiger partial charge in [-0.05, 0) is 5.92 Å². The second-order valence-electron chi connectivity index (χ2n) is 3.77. The largest absolute Gasteiger partial charge is 0.480 e. The van der Waals surface area contributed by atoms with Gasteiger partial charge < -0.3 is 20.8 Å². The van der Waals surface area contributed by atoms with E-state index >= 15 is 0 Å². The molecule has 0 heterocycles. The van der Waals surface area contributed by atoms with E-state index < -0.39 is 18.0 Å². The lowest BCUT2D eigenvalue weighted by Crippen LogP contribution is -2.47. The Morgan fingerprint density at radius 1 is 1.38 bits per heavy atom. The topological polar surface area (TPSA) is 98.7 Å². The number of carbonyl (C=O) groups is 2. The van der Waals surface area contributed by atoms with Crippen molar-refractivity contribution in [2.75, 3.05) is 13.2 Å². The van der Waals surface area contributed by atoms with Crippen LogP contribution in [0.4, 0.5) is 4.79 Å². The van der Waals surface area contributed by atoms with Crippen molar-refractivity contribution in [3.63, 3.8) is 0 Å². The van der Waals surface area contributed by atoms with Gasteiger partial charge in [-0.3, -0.25) is 0 Å². The zero-order chi connectivity index (χ0) is 12.6. The van der Waals surface area contributed by atoms with Gasteiger partial charge in [-0.1, -0.05) is 20.3 Å². The van der Waals surface area contributed by atoms with E-state index in [1.54, 1.807) is 0 Å². The highest BCUT2D eigenvalue weighted by atomic mass is 16.4. The molecular weight excluding hydrogens is 212 g/mol. The smallest absolute Gasteiger partial charge is 0.326 e. The molecule has 2 atom stereocenters. The lowest BCUT2D eigenvalue weighted by atomic mass is 10.1. The molecule has 6 heteroatoms. The average molecular weight is 232 g/mol. The second-order valence-corrected chi connectivity index (χ2v) is 3.77. The second kappa shape index (κ2) is 7.92. The van der Waals surface area contributed by atoms with E-state index in [9.17, 15) is 9.59 Å². The number of aliphatic hydroxyl groups is 1. The lowest BCUT2D eigenvalue weighted by molar-refractivity contribution is -0.139. The Hall–Kier alpha value is -1.30. The van der Waals surface area contributed by atoms with Crippen molar-refractivity contribution in [2.24, 2.45) is 5.92 Å². The highest BCUT2D eigenvalue weighted by molar-refractivity contribution is 5.82. The number of rotatable bonds is 7. The summed E-state index contributed by atoms with van der Waals surface area (Å²) in [5.74, 6) is -0.792. The van der Waals surface area contributed by atoms with Crippen LogP contribution in [0.1, 0.15) is 26.7 Å². The summed E-state index contributed by atoms with van der Waals surface area (Å²) < 4.78 is 0. The quantitative estimate of drug-likeness (QED) is 0.502. The number of hydrogen-bond donors (Lipinski definition) is 4. The minimum absolute atomic E-state index is 0.00604. The molecule has 0 aliphatic carbocycles. The number of aliphatic hydroxyl groups excluding tert-OH is 1. The summed E-state index contributed by atoms with van der Waals surface area (Å²) in [6.07, 6.45) is 0.950. The monoisotopic (exact) mass is 232 g/mol. The van der Waals surface area contributed by atoms with Gasteiger partial charge in [0.05, 0.1) is 0 Å². The first kappa shape index (κ1) is 14.7. The maximum atomic E-state index is 11.3. The van der Waals surface area contributed by atoms with Crippen molar-refractivity contribution in [2.45, 2.75) is 32.7 Å². The van der Waals surface area contributed by atoms with E-state index in [0.717, 1.165) is 6.42 Å². The molecule has 94 valence electrons. The van der Waals surface area contributed by atoms with E-state index in [1.807, 2.05) is 13.8 Å². The molecule has 0 spiro atoms. The van der Waals surface area contributed by atoms with Crippen molar-refractivity contribution in [3.05, 3.63) is 0 Å². The van der Waals surface area contributed by atoms with Crippen LogP contribution in [0.25, 0.3) is 0 Å². The molecule has 0 saturated carbocycles. The predicted octanol–water partition coefficient (Wildman–Crippen LogP) is 0.167. The van der Waals surface area contributed by atoms with Gasteiger partial charge in [0.2, 0.25) is 0 Å². The zero-order valence-electron chi connectivity index (χ0n) is 9.69. The summed E-state index contributed by atoms with van der Waals surface area (Å²) in [6, 6.07) is -1.55. The van der Waals surface area contributed by atoms with Crippen LogP contribution in [0.3, 0.4) is 0 Å². The number of carboxylic acid groups (broad SMARTS) is 1. The third kappa shape index (κ3) is 6.23. The van der Waals surface area contributed by atoms with Crippen LogP contribution in [-0.2, 0) is 4.79 Å². The third-order valence-corrected chi connectivity index (χ3v) is 2.33. The molecule has 0 aliphatic rings. The van der Waals surface area contributed by atoms with Gasteiger partial charge in [-0.15, -0.1) is 0 Å². The van der Waals surface area contributed by atoms with Crippen LogP contribution in [0.5, 0.6) is 0 Å². The fourth-order valence-electron chi connectivity index (χ4n) is 1.01. The van der Waals surface area contributed by atoms with Crippen molar-refractivity contribution >= 4 is 12.0 Å². The Morgan fingerprint density at radius 3 is 2.44 bits per heavy atom. The molecule has 0 fully saturated rings. The molecule has 0 radical (unpaired) electrons. The molecule has 0 aliphatic heterocycles. The number of aliphatic carboxylic acids is 1. The van der Waals surface area contributed by atoms with Crippen LogP contribution in [0.2, 0.25) is 0 Å². The van der Waals surface area contributed by atoms with Gasteiger partial charge in [0.1, 0.15) is 6.04 Å². The Morgan fingerprint density at radius 2 is 2.00 bits per heavy atom. The SMILES string of the molecule is CCC(C)CNC(=O)N[C@H](CCO)C(=O)O. The Labute approximate surface area is 95.0 Å². The minimum atomic E-state index is -1.15. The first-order chi connectivity index (χ1) is 7.51. The third-order valence-electron chi connectivity index (χ3n) is 2.33. The van der Waals surface area contributed by atoms with Crippen molar-refractivity contribution in [1.29, 1.82) is 0 Å². The Bertz CT molecular complexity index is 233. The first-order valence-corrected chi connectivity index (χ1v) is 5.39. The van der Waals surface area contributed by atoms with Gasteiger partial charge >= 0.3 is 12.0 Å². The van der Waals surface area contributed by atoms with E-state index in [1.165, 1.54) is 0 Å². The number of hydrogen-bond acceptors (Lipinski definition) is 3. The number of carbonyl (C=O) groups excluding carboxylic acids is 1. The maximum absolute atomic E-state index is 11.3. The molecule has 6 nitrogen and oxygen atoms in total. The van der Waals surface area contributed by atoms with Crippen molar-refractivity contribution in [1.82, 2.24) is 10.6 Å². The van der Waals surface area contributed by atoms with Crippen LogP contribution in [0.15, 0.2) is 0 Å². The molecule has 0 aromatic rings. The van der Waals surface area contributed by atoms with Gasteiger partial charge in [-0.25, -0.2) is 9.59 Å². The first-order valence-electron chi connectivity index (χ1n) is 5.39. The number of urea groups is 1. The minimum Gasteiger partial charge on any atom is -0.480 e. The number of nitrogens with one attached hydrogen (secondary N) is 2. The summed E-state index contributed by atoms with van der Waals surface area (Å²) in [6.45, 7) is 4.23. The summed E-state index contributed by atoms with van der Waals surface area (Å²) in [7, 11) is 0. The van der Waals surface area contributed by atoms with E-state index in [-0.39, 0.29) is 13.0 Å². The molecule has 4 N–H and O–H groups in total. The summed E-state index contributed by atoms with van der Waals surface area (Å²) >= 11 is 0. The van der Waals surface area contributed by atoms with Gasteiger partial charge in [0.15, 0.2) is 0 Å². The van der Waals surface area contributed by atoms with Crippen LogP contribution in [-0.4, -0.2) is 41.4 Å². The normalized spacial score (nSPS) is 13.9. The number of amides is 2. The average Bonchev–Trinajstić information content (AvgIpc) is 2.25. The molecule has 0 aromatic carbocycles. The number of carboxylic acids is 1. The maximum Gasteiger partial charge on any atom is 0.326 e. The van der Waals surface area contributed by atoms with E-state index in [2.05, 4.69) is 10.6 Å². The van der Waals surface area contributed by atoms with Crippen LogP contribution >= 0.6 is 0 Å². The summed E-state index contributed by atoms with van der Waals surface area (Å²) in [4.78, 5) is 22.0.